The Kier molecular flexibility index (Phi) is 33.6. The van der Waals surface area contributed by atoms with Gasteiger partial charge in [-0.1, -0.05) is 141 Å². The van der Waals surface area contributed by atoms with E-state index in [9.17, 15) is 9.59 Å². The van der Waals surface area contributed by atoms with E-state index >= 15 is 0 Å². The third-order valence-electron chi connectivity index (χ3n) is 8.10. The zero-order valence-corrected chi connectivity index (χ0v) is 29.0. The maximum Gasteiger partial charge on any atom is 0.306 e. The van der Waals surface area contributed by atoms with Crippen LogP contribution in [-0.2, 0) is 19.1 Å². The van der Waals surface area contributed by atoms with Crippen molar-refractivity contribution in [2.45, 2.75) is 207 Å². The third-order valence-corrected chi connectivity index (χ3v) is 8.10. The van der Waals surface area contributed by atoms with E-state index < -0.39 is 6.10 Å². The average Bonchev–Trinajstić information content (AvgIpc) is 3.00. The molecule has 0 aromatic heterocycles. The highest BCUT2D eigenvalue weighted by atomic mass is 16.6. The largest absolute Gasteiger partial charge is 0.462 e. The number of unbranched alkanes of at least 4 members (excludes halogenated alkanes) is 22. The fourth-order valence-electron chi connectivity index (χ4n) is 5.28. The molecule has 0 bridgehead atoms. The molecule has 0 aliphatic heterocycles. The summed E-state index contributed by atoms with van der Waals surface area (Å²) in [6.07, 6.45) is 42.3. The van der Waals surface area contributed by atoms with E-state index in [0.29, 0.717) is 12.8 Å². The lowest BCUT2D eigenvalue weighted by Gasteiger charge is -2.13. The summed E-state index contributed by atoms with van der Waals surface area (Å²) in [5, 5.41) is 0. The minimum atomic E-state index is -0.392. The summed E-state index contributed by atoms with van der Waals surface area (Å²) < 4.78 is 10.7. The highest BCUT2D eigenvalue weighted by Gasteiger charge is 2.12. The predicted molar refractivity (Wildman–Crippen MR) is 185 cm³/mol. The maximum atomic E-state index is 12.1. The first kappa shape index (κ1) is 41.4. The van der Waals surface area contributed by atoms with E-state index in [-0.39, 0.29) is 18.5 Å². The summed E-state index contributed by atoms with van der Waals surface area (Å²) in [6, 6.07) is 0. The Labute approximate surface area is 268 Å². The normalized spacial score (nSPS) is 12.3. The fourth-order valence-corrected chi connectivity index (χ4v) is 5.28. The zero-order valence-electron chi connectivity index (χ0n) is 29.0. The highest BCUT2D eigenvalue weighted by molar-refractivity contribution is 5.70. The molecule has 0 amide bonds. The molecule has 252 valence electrons. The van der Waals surface area contributed by atoms with Gasteiger partial charge in [-0.05, 0) is 71.1 Å². The molecule has 0 radical (unpaired) electrons. The van der Waals surface area contributed by atoms with E-state index in [1.54, 1.807) is 6.92 Å². The Bertz CT molecular complexity index is 654. The molecular formula is C39H72O4. The first-order valence-electron chi connectivity index (χ1n) is 18.7. The molecular weight excluding hydrogens is 532 g/mol. The summed E-state index contributed by atoms with van der Waals surface area (Å²) in [7, 11) is 0. The van der Waals surface area contributed by atoms with Crippen molar-refractivity contribution in [3.8, 4) is 0 Å². The number of ether oxygens (including phenoxy) is 2. The zero-order chi connectivity index (χ0) is 31.5. The number of hydrogen-bond acceptors (Lipinski definition) is 4. The van der Waals surface area contributed by atoms with Gasteiger partial charge in [0, 0.05) is 12.8 Å². The summed E-state index contributed by atoms with van der Waals surface area (Å²) in [5.41, 5.74) is 0. The number of carbonyl (C=O) groups excluding carboxylic acids is 2. The predicted octanol–water partition coefficient (Wildman–Crippen LogP) is 12.5. The molecule has 0 rings (SSSR count). The van der Waals surface area contributed by atoms with Crippen LogP contribution in [0.4, 0.5) is 0 Å². The SMILES string of the molecule is CCCCCCCCCCC/C=C\CCCCC(=O)OCC(C)OC(=O)CCCC/C=C\CCCCCCCCCCC. The summed E-state index contributed by atoms with van der Waals surface area (Å²) in [4.78, 5) is 24.1. The first-order valence-corrected chi connectivity index (χ1v) is 18.7. The number of carbonyl (C=O) groups is 2. The molecule has 0 aliphatic rings. The number of allylic oxidation sites excluding steroid dienone is 4. The van der Waals surface area contributed by atoms with E-state index in [1.165, 1.54) is 128 Å². The molecule has 43 heavy (non-hydrogen) atoms. The van der Waals surface area contributed by atoms with Crippen molar-refractivity contribution in [3.63, 3.8) is 0 Å². The third kappa shape index (κ3) is 34.8. The van der Waals surface area contributed by atoms with Gasteiger partial charge in [-0.25, -0.2) is 0 Å². The van der Waals surface area contributed by atoms with Crippen molar-refractivity contribution in [1.82, 2.24) is 0 Å². The molecule has 0 fully saturated rings. The van der Waals surface area contributed by atoms with Gasteiger partial charge in [-0.2, -0.15) is 0 Å². The topological polar surface area (TPSA) is 52.6 Å². The van der Waals surface area contributed by atoms with Crippen LogP contribution in [0.1, 0.15) is 201 Å². The highest BCUT2D eigenvalue weighted by Crippen LogP contribution is 2.13. The van der Waals surface area contributed by atoms with Crippen LogP contribution in [0.25, 0.3) is 0 Å². The molecule has 0 aromatic carbocycles. The van der Waals surface area contributed by atoms with E-state index in [0.717, 1.165) is 38.5 Å². The number of esters is 2. The molecule has 0 N–H and O–H groups in total. The lowest BCUT2D eigenvalue weighted by molar-refractivity contribution is -0.158. The molecule has 0 heterocycles. The van der Waals surface area contributed by atoms with E-state index in [1.807, 2.05) is 0 Å². The Hall–Kier alpha value is -1.58. The lowest BCUT2D eigenvalue weighted by atomic mass is 10.1. The fraction of sp³-hybridized carbons (Fsp3) is 0.846. The average molecular weight is 605 g/mol. The Balaban J connectivity index is 3.49. The molecule has 0 aliphatic carbocycles. The van der Waals surface area contributed by atoms with Gasteiger partial charge < -0.3 is 9.47 Å². The summed E-state index contributed by atoms with van der Waals surface area (Å²) >= 11 is 0. The van der Waals surface area contributed by atoms with Crippen molar-refractivity contribution in [1.29, 1.82) is 0 Å². The van der Waals surface area contributed by atoms with Crippen molar-refractivity contribution in [2.75, 3.05) is 6.61 Å². The van der Waals surface area contributed by atoms with Crippen LogP contribution in [0.5, 0.6) is 0 Å². The Morgan fingerprint density at radius 1 is 0.465 bits per heavy atom. The lowest BCUT2D eigenvalue weighted by Crippen LogP contribution is -2.22. The minimum Gasteiger partial charge on any atom is -0.462 e. The van der Waals surface area contributed by atoms with Crippen molar-refractivity contribution in [3.05, 3.63) is 24.3 Å². The minimum absolute atomic E-state index is 0.144. The van der Waals surface area contributed by atoms with Crippen LogP contribution >= 0.6 is 0 Å². The van der Waals surface area contributed by atoms with Crippen LogP contribution in [-0.4, -0.2) is 24.6 Å². The standard InChI is InChI=1S/C39H72O4/c1-4-6-8-10-12-14-16-18-20-22-24-26-28-30-32-34-38(40)42-36-37(3)43-39(41)35-33-31-29-27-25-23-21-19-17-15-13-11-9-7-5-2/h24-27,37H,4-23,28-36H2,1-3H3/b26-24-,27-25-. The van der Waals surface area contributed by atoms with Crippen LogP contribution in [0.15, 0.2) is 24.3 Å². The van der Waals surface area contributed by atoms with E-state index in [2.05, 4.69) is 38.2 Å². The van der Waals surface area contributed by atoms with Gasteiger partial charge in [0.1, 0.15) is 12.7 Å². The molecule has 0 aromatic rings. The van der Waals surface area contributed by atoms with Crippen LogP contribution in [0, 0.1) is 0 Å². The van der Waals surface area contributed by atoms with Gasteiger partial charge in [0.2, 0.25) is 0 Å². The van der Waals surface area contributed by atoms with Gasteiger partial charge >= 0.3 is 11.9 Å². The van der Waals surface area contributed by atoms with Crippen LogP contribution in [0.2, 0.25) is 0 Å². The van der Waals surface area contributed by atoms with Crippen LogP contribution in [0.3, 0.4) is 0 Å². The number of hydrogen-bond donors (Lipinski definition) is 0. The molecule has 0 spiro atoms. The smallest absolute Gasteiger partial charge is 0.306 e. The second kappa shape index (κ2) is 34.9. The van der Waals surface area contributed by atoms with Gasteiger partial charge in [0.25, 0.3) is 0 Å². The van der Waals surface area contributed by atoms with Crippen LogP contribution < -0.4 is 0 Å². The molecule has 1 unspecified atom stereocenters. The number of rotatable bonds is 33. The van der Waals surface area contributed by atoms with Crippen molar-refractivity contribution >= 4 is 11.9 Å². The second-order valence-corrected chi connectivity index (χ2v) is 12.7. The maximum absolute atomic E-state index is 12.1. The summed E-state index contributed by atoms with van der Waals surface area (Å²) in [6.45, 7) is 6.47. The van der Waals surface area contributed by atoms with E-state index in [4.69, 9.17) is 9.47 Å². The first-order chi connectivity index (χ1) is 21.1. The van der Waals surface area contributed by atoms with Gasteiger partial charge in [-0.15, -0.1) is 0 Å². The second-order valence-electron chi connectivity index (χ2n) is 12.7. The van der Waals surface area contributed by atoms with Crippen molar-refractivity contribution in [2.24, 2.45) is 0 Å². The Morgan fingerprint density at radius 3 is 1.19 bits per heavy atom. The molecule has 0 saturated carbocycles. The molecule has 1 atom stereocenters. The molecule has 4 nitrogen and oxygen atoms in total. The monoisotopic (exact) mass is 605 g/mol. The Morgan fingerprint density at radius 2 is 0.791 bits per heavy atom. The van der Waals surface area contributed by atoms with Gasteiger partial charge in [-0.3, -0.25) is 9.59 Å². The van der Waals surface area contributed by atoms with Crippen molar-refractivity contribution < 1.29 is 19.1 Å². The quantitative estimate of drug-likeness (QED) is 0.0425. The molecule has 0 saturated heterocycles. The molecule has 4 heteroatoms. The van der Waals surface area contributed by atoms with Gasteiger partial charge in [0.15, 0.2) is 0 Å². The summed E-state index contributed by atoms with van der Waals surface area (Å²) in [5.74, 6) is -0.396. The van der Waals surface area contributed by atoms with Gasteiger partial charge in [0.05, 0.1) is 0 Å².